The van der Waals surface area contributed by atoms with E-state index < -0.39 is 0 Å². The molecule has 0 amide bonds. The molecule has 0 bridgehead atoms. The highest BCUT2D eigenvalue weighted by Gasteiger charge is 1.91. The van der Waals surface area contributed by atoms with E-state index in [4.69, 9.17) is 6.58 Å². The van der Waals surface area contributed by atoms with Gasteiger partial charge in [-0.15, -0.1) is 0 Å². The van der Waals surface area contributed by atoms with Crippen molar-refractivity contribution in [3.05, 3.63) is 24.8 Å². The maximum Gasteiger partial charge on any atom is -0.0348 e. The van der Waals surface area contributed by atoms with Gasteiger partial charge >= 0.3 is 0 Å². The van der Waals surface area contributed by atoms with E-state index in [9.17, 15) is 0 Å². The fraction of sp³-hybridized carbons (Fsp3) is 0.750. The third-order valence-electron chi connectivity index (χ3n) is 2.97. The molecule has 0 atom stereocenters. The summed E-state index contributed by atoms with van der Waals surface area (Å²) in [6, 6.07) is 0. The lowest BCUT2D eigenvalue weighted by Crippen LogP contribution is -1.81. The molecular weight excluding hydrogens is 192 g/mol. The molecule has 0 aliphatic heterocycles. The number of hydrogen-bond acceptors (Lipinski definition) is 0. The Morgan fingerprint density at radius 2 is 1.25 bits per heavy atom. The van der Waals surface area contributed by atoms with Gasteiger partial charge in [0.2, 0.25) is 0 Å². The molecule has 0 heterocycles. The van der Waals surface area contributed by atoms with Crippen LogP contribution < -0.4 is 0 Å². The number of rotatable bonds is 12. The van der Waals surface area contributed by atoms with Crippen LogP contribution in [0.15, 0.2) is 18.2 Å². The fourth-order valence-corrected chi connectivity index (χ4v) is 1.92. The SMILES string of the molecule is [CH]=C/C=C/CCCCCCCCCCCC. The quantitative estimate of drug-likeness (QED) is 0.287. The molecule has 0 aromatic rings. The highest BCUT2D eigenvalue weighted by atomic mass is 14.0. The Morgan fingerprint density at radius 1 is 0.750 bits per heavy atom. The summed E-state index contributed by atoms with van der Waals surface area (Å²) >= 11 is 0. The van der Waals surface area contributed by atoms with Gasteiger partial charge in [-0.1, -0.05) is 89.5 Å². The van der Waals surface area contributed by atoms with Crippen molar-refractivity contribution >= 4 is 0 Å². The minimum atomic E-state index is 1.18. The fourth-order valence-electron chi connectivity index (χ4n) is 1.92. The van der Waals surface area contributed by atoms with Gasteiger partial charge in [-0.25, -0.2) is 0 Å². The van der Waals surface area contributed by atoms with E-state index in [0.717, 1.165) is 0 Å². The average molecular weight is 221 g/mol. The Hall–Kier alpha value is -0.520. The Labute approximate surface area is 103 Å². The zero-order chi connectivity index (χ0) is 11.9. The normalized spacial score (nSPS) is 11.1. The second kappa shape index (κ2) is 14.5. The average Bonchev–Trinajstić information content (AvgIpc) is 2.31. The third-order valence-corrected chi connectivity index (χ3v) is 2.97. The molecule has 0 aromatic carbocycles. The maximum atomic E-state index is 5.25. The van der Waals surface area contributed by atoms with Gasteiger partial charge in [-0.3, -0.25) is 0 Å². The molecule has 0 rings (SSSR count). The van der Waals surface area contributed by atoms with Gasteiger partial charge in [0, 0.05) is 0 Å². The molecule has 0 aromatic heterocycles. The van der Waals surface area contributed by atoms with Gasteiger partial charge in [-0.05, 0) is 12.8 Å². The van der Waals surface area contributed by atoms with Gasteiger partial charge in [-0.2, -0.15) is 0 Å². The zero-order valence-electron chi connectivity index (χ0n) is 11.1. The van der Waals surface area contributed by atoms with E-state index in [0.29, 0.717) is 0 Å². The van der Waals surface area contributed by atoms with Crippen LogP contribution in [0, 0.1) is 6.58 Å². The van der Waals surface area contributed by atoms with Crippen LogP contribution in [0.25, 0.3) is 0 Å². The molecule has 0 fully saturated rings. The van der Waals surface area contributed by atoms with Crippen LogP contribution in [-0.4, -0.2) is 0 Å². The van der Waals surface area contributed by atoms with E-state index in [1.807, 2.05) is 6.08 Å². The molecule has 16 heavy (non-hydrogen) atoms. The van der Waals surface area contributed by atoms with Gasteiger partial charge in [0.05, 0.1) is 0 Å². The summed E-state index contributed by atoms with van der Waals surface area (Å²) in [6.45, 7) is 7.52. The smallest absolute Gasteiger partial charge is 0.0348 e. The molecule has 0 saturated heterocycles. The molecule has 0 aliphatic rings. The minimum absolute atomic E-state index is 1.18. The summed E-state index contributed by atoms with van der Waals surface area (Å²) in [6.07, 6.45) is 21.0. The molecule has 0 aliphatic carbocycles. The molecule has 0 N–H and O–H groups in total. The summed E-state index contributed by atoms with van der Waals surface area (Å²) in [7, 11) is 0. The third kappa shape index (κ3) is 13.5. The molecular formula is C16H29. The van der Waals surface area contributed by atoms with E-state index in [2.05, 4.69) is 13.0 Å². The molecule has 0 saturated carbocycles. The van der Waals surface area contributed by atoms with Crippen molar-refractivity contribution in [2.24, 2.45) is 0 Å². The van der Waals surface area contributed by atoms with Gasteiger partial charge in [0.15, 0.2) is 0 Å². The van der Waals surface area contributed by atoms with Crippen molar-refractivity contribution in [1.82, 2.24) is 0 Å². The molecule has 1 radical (unpaired) electrons. The van der Waals surface area contributed by atoms with Crippen LogP contribution in [0.4, 0.5) is 0 Å². The van der Waals surface area contributed by atoms with Crippen molar-refractivity contribution in [1.29, 1.82) is 0 Å². The van der Waals surface area contributed by atoms with E-state index >= 15 is 0 Å². The topological polar surface area (TPSA) is 0 Å². The van der Waals surface area contributed by atoms with Crippen molar-refractivity contribution in [2.75, 3.05) is 0 Å². The lowest BCUT2D eigenvalue weighted by molar-refractivity contribution is 0.557. The van der Waals surface area contributed by atoms with Gasteiger partial charge in [0.1, 0.15) is 0 Å². The van der Waals surface area contributed by atoms with E-state index in [1.54, 1.807) is 6.08 Å². The Morgan fingerprint density at radius 3 is 1.75 bits per heavy atom. The van der Waals surface area contributed by atoms with Crippen molar-refractivity contribution in [2.45, 2.75) is 77.6 Å². The monoisotopic (exact) mass is 221 g/mol. The van der Waals surface area contributed by atoms with E-state index in [-0.39, 0.29) is 0 Å². The summed E-state index contributed by atoms with van der Waals surface area (Å²) in [4.78, 5) is 0. The first-order valence-electron chi connectivity index (χ1n) is 7.12. The van der Waals surface area contributed by atoms with Gasteiger partial charge in [0.25, 0.3) is 0 Å². The van der Waals surface area contributed by atoms with Crippen LogP contribution in [0.2, 0.25) is 0 Å². The Bertz CT molecular complexity index is 155. The number of hydrogen-bond donors (Lipinski definition) is 0. The minimum Gasteiger partial charge on any atom is -0.0845 e. The summed E-state index contributed by atoms with van der Waals surface area (Å²) in [5.41, 5.74) is 0. The summed E-state index contributed by atoms with van der Waals surface area (Å²) in [5.74, 6) is 0. The first kappa shape index (κ1) is 15.5. The zero-order valence-corrected chi connectivity index (χ0v) is 11.1. The number of allylic oxidation sites excluding steroid dienone is 3. The highest BCUT2D eigenvalue weighted by molar-refractivity contribution is 4.95. The molecule has 0 spiro atoms. The van der Waals surface area contributed by atoms with Crippen LogP contribution >= 0.6 is 0 Å². The van der Waals surface area contributed by atoms with E-state index in [1.165, 1.54) is 70.6 Å². The Kier molecular flexibility index (Phi) is 14.0. The van der Waals surface area contributed by atoms with Crippen molar-refractivity contribution in [3.63, 3.8) is 0 Å². The van der Waals surface area contributed by atoms with Crippen molar-refractivity contribution in [3.8, 4) is 0 Å². The maximum absolute atomic E-state index is 5.25. The number of unbranched alkanes of at least 4 members (excludes halogenated alkanes) is 10. The summed E-state index contributed by atoms with van der Waals surface area (Å²) < 4.78 is 0. The standard InChI is InChI=1S/C16H29/c1-3-5-7-9-11-13-15-16-14-12-10-8-6-4-2/h1,3,5,7H,4,6,8-16H2,2H3/b3-1?,7-5+. The van der Waals surface area contributed by atoms with Crippen LogP contribution in [-0.2, 0) is 0 Å². The summed E-state index contributed by atoms with van der Waals surface area (Å²) in [5, 5.41) is 0. The first-order chi connectivity index (χ1) is 7.91. The largest absolute Gasteiger partial charge is 0.0845 e. The molecule has 93 valence electrons. The van der Waals surface area contributed by atoms with Crippen LogP contribution in [0.3, 0.4) is 0 Å². The lowest BCUT2D eigenvalue weighted by Gasteiger charge is -2.01. The second-order valence-corrected chi connectivity index (χ2v) is 4.59. The van der Waals surface area contributed by atoms with Crippen LogP contribution in [0.1, 0.15) is 77.6 Å². The molecule has 0 heteroatoms. The molecule has 0 nitrogen and oxygen atoms in total. The predicted molar refractivity (Wildman–Crippen MR) is 74.5 cm³/mol. The molecule has 0 unspecified atom stereocenters. The first-order valence-corrected chi connectivity index (χ1v) is 7.12. The van der Waals surface area contributed by atoms with Crippen LogP contribution in [0.5, 0.6) is 0 Å². The second-order valence-electron chi connectivity index (χ2n) is 4.59. The predicted octanol–water partition coefficient (Wildman–Crippen LogP) is 5.84. The van der Waals surface area contributed by atoms with Crippen molar-refractivity contribution < 1.29 is 0 Å². The lowest BCUT2D eigenvalue weighted by atomic mass is 10.1. The highest BCUT2D eigenvalue weighted by Crippen LogP contribution is 2.11. The Balaban J connectivity index is 2.93. The van der Waals surface area contributed by atoms with Gasteiger partial charge < -0.3 is 0 Å².